The van der Waals surface area contributed by atoms with Crippen LogP contribution in [0, 0.1) is 10.1 Å². The van der Waals surface area contributed by atoms with Crippen molar-refractivity contribution in [1.82, 2.24) is 15.2 Å². The van der Waals surface area contributed by atoms with Gasteiger partial charge in [-0.15, -0.1) is 0 Å². The van der Waals surface area contributed by atoms with E-state index in [0.29, 0.717) is 33.7 Å². The third kappa shape index (κ3) is 3.25. The van der Waals surface area contributed by atoms with Crippen molar-refractivity contribution in [2.45, 2.75) is 0 Å². The normalized spacial score (nSPS) is 10.8. The van der Waals surface area contributed by atoms with Gasteiger partial charge < -0.3 is 9.84 Å². The van der Waals surface area contributed by atoms with E-state index in [-0.39, 0.29) is 16.9 Å². The third-order valence-electron chi connectivity index (χ3n) is 4.49. The molecule has 0 saturated heterocycles. The lowest BCUT2D eigenvalue weighted by Gasteiger charge is -2.07. The van der Waals surface area contributed by atoms with Gasteiger partial charge in [0, 0.05) is 23.3 Å². The van der Waals surface area contributed by atoms with E-state index in [2.05, 4.69) is 15.2 Å². The maximum atomic E-state index is 12.0. The number of non-ortho nitro benzene ring substituents is 1. The number of carboxylic acids is 1. The van der Waals surface area contributed by atoms with E-state index in [9.17, 15) is 20.0 Å². The van der Waals surface area contributed by atoms with Crippen molar-refractivity contribution in [3.8, 4) is 28.3 Å². The number of pyridine rings is 1. The summed E-state index contributed by atoms with van der Waals surface area (Å²) in [5.41, 5.74) is 2.32. The van der Waals surface area contributed by atoms with Gasteiger partial charge in [-0.05, 0) is 30.3 Å². The predicted octanol–water partition coefficient (Wildman–Crippen LogP) is 3.91. The summed E-state index contributed by atoms with van der Waals surface area (Å²) < 4.78 is 5.22. The van der Waals surface area contributed by atoms with Gasteiger partial charge in [0.25, 0.3) is 5.69 Å². The average Bonchev–Trinajstić information content (AvgIpc) is 3.17. The van der Waals surface area contributed by atoms with Gasteiger partial charge in [-0.3, -0.25) is 15.2 Å². The second-order valence-corrected chi connectivity index (χ2v) is 6.19. The van der Waals surface area contributed by atoms with Gasteiger partial charge in [0.05, 0.1) is 34.4 Å². The van der Waals surface area contributed by atoms with E-state index in [1.54, 1.807) is 31.4 Å². The van der Waals surface area contributed by atoms with Crippen molar-refractivity contribution in [2.75, 3.05) is 7.11 Å². The zero-order chi connectivity index (χ0) is 20.5. The molecule has 0 fully saturated rings. The van der Waals surface area contributed by atoms with Gasteiger partial charge >= 0.3 is 5.97 Å². The number of benzene rings is 2. The Bertz CT molecular complexity index is 1250. The van der Waals surface area contributed by atoms with E-state index in [4.69, 9.17) is 4.74 Å². The first-order valence-corrected chi connectivity index (χ1v) is 8.49. The molecule has 0 aliphatic rings. The molecule has 0 unspecified atom stereocenters. The van der Waals surface area contributed by atoms with Gasteiger partial charge in [-0.1, -0.05) is 12.1 Å². The molecule has 0 aliphatic heterocycles. The number of aromatic carboxylic acids is 1. The highest BCUT2D eigenvalue weighted by Crippen LogP contribution is 2.32. The number of carboxylic acid groups (broad SMARTS) is 1. The third-order valence-corrected chi connectivity index (χ3v) is 4.49. The number of nitro benzene ring substituents is 1. The first-order valence-electron chi connectivity index (χ1n) is 8.49. The number of rotatable bonds is 5. The summed E-state index contributed by atoms with van der Waals surface area (Å²) >= 11 is 0. The Morgan fingerprint density at radius 2 is 1.90 bits per heavy atom. The molecule has 2 N–H and O–H groups in total. The van der Waals surface area contributed by atoms with Crippen molar-refractivity contribution in [3.63, 3.8) is 0 Å². The molecule has 4 rings (SSSR count). The molecule has 0 amide bonds. The Balaban J connectivity index is 1.89. The van der Waals surface area contributed by atoms with Crippen molar-refractivity contribution in [1.29, 1.82) is 0 Å². The molecule has 0 atom stereocenters. The molecule has 2 aromatic carbocycles. The number of nitrogens with zero attached hydrogens (tertiary/aromatic N) is 3. The van der Waals surface area contributed by atoms with Crippen LogP contribution in [0.15, 0.2) is 54.6 Å². The Kier molecular flexibility index (Phi) is 4.40. The fourth-order valence-electron chi connectivity index (χ4n) is 3.08. The van der Waals surface area contributed by atoms with E-state index < -0.39 is 10.9 Å². The summed E-state index contributed by atoms with van der Waals surface area (Å²) in [6, 6.07) is 14.4. The van der Waals surface area contributed by atoms with Crippen LogP contribution in [-0.2, 0) is 0 Å². The molecule has 0 bridgehead atoms. The molecule has 29 heavy (non-hydrogen) atoms. The molecule has 2 heterocycles. The average molecular weight is 390 g/mol. The fraction of sp³-hybridized carbons (Fsp3) is 0.0500. The second-order valence-electron chi connectivity index (χ2n) is 6.19. The molecule has 0 spiro atoms. The van der Waals surface area contributed by atoms with Crippen molar-refractivity contribution < 1.29 is 19.6 Å². The molecule has 144 valence electrons. The number of nitro groups is 1. The maximum absolute atomic E-state index is 12.0. The highest BCUT2D eigenvalue weighted by molar-refractivity contribution is 6.08. The van der Waals surface area contributed by atoms with Gasteiger partial charge in [-0.2, -0.15) is 5.10 Å². The van der Waals surface area contributed by atoms with Gasteiger partial charge in [0.2, 0.25) is 0 Å². The van der Waals surface area contributed by atoms with Crippen molar-refractivity contribution >= 4 is 22.7 Å². The van der Waals surface area contributed by atoms with E-state index in [1.807, 2.05) is 0 Å². The molecule has 0 radical (unpaired) electrons. The highest BCUT2D eigenvalue weighted by atomic mass is 16.6. The van der Waals surface area contributed by atoms with Crippen LogP contribution in [0.5, 0.6) is 5.75 Å². The number of hydrogen-bond donors (Lipinski definition) is 2. The van der Waals surface area contributed by atoms with E-state index >= 15 is 0 Å². The first-order chi connectivity index (χ1) is 14.0. The molecular formula is C20H14N4O5. The van der Waals surface area contributed by atoms with Crippen LogP contribution in [0.4, 0.5) is 5.69 Å². The SMILES string of the molecule is COc1cccc(-c2cc(C(=O)O)c3c(-c4ccc([N+](=O)[O-])cc4)[nH]nc3n2)c1. The number of nitrogens with one attached hydrogen (secondary N) is 1. The molecule has 9 nitrogen and oxygen atoms in total. The van der Waals surface area contributed by atoms with Gasteiger partial charge in [-0.25, -0.2) is 9.78 Å². The van der Waals surface area contributed by atoms with Gasteiger partial charge in [0.1, 0.15) is 5.75 Å². The monoisotopic (exact) mass is 390 g/mol. The number of fused-ring (bicyclic) bond motifs is 1. The zero-order valence-electron chi connectivity index (χ0n) is 15.1. The maximum Gasteiger partial charge on any atom is 0.336 e. The lowest BCUT2D eigenvalue weighted by molar-refractivity contribution is -0.384. The number of carbonyl (C=O) groups is 1. The standard InChI is InChI=1S/C20H14N4O5/c1-29-14-4-2-3-12(9-14)16-10-15(20(25)26)17-18(22-23-19(17)21-16)11-5-7-13(8-6-11)24(27)28/h2-10H,1H3,(H,25,26)(H,21,22,23). The minimum absolute atomic E-state index is 0.0231. The van der Waals surface area contributed by atoms with E-state index in [0.717, 1.165) is 0 Å². The summed E-state index contributed by atoms with van der Waals surface area (Å²) in [4.78, 5) is 26.8. The van der Waals surface area contributed by atoms with Crippen LogP contribution < -0.4 is 4.74 Å². The summed E-state index contributed by atoms with van der Waals surface area (Å²) in [5, 5.41) is 27.9. The zero-order valence-corrected chi connectivity index (χ0v) is 15.1. The topological polar surface area (TPSA) is 131 Å². The van der Waals surface area contributed by atoms with Crippen LogP contribution >= 0.6 is 0 Å². The largest absolute Gasteiger partial charge is 0.497 e. The highest BCUT2D eigenvalue weighted by Gasteiger charge is 2.20. The molecule has 9 heteroatoms. The number of aromatic nitrogens is 3. The predicted molar refractivity (Wildman–Crippen MR) is 105 cm³/mol. The van der Waals surface area contributed by atoms with Gasteiger partial charge in [0.15, 0.2) is 5.65 Å². The van der Waals surface area contributed by atoms with Crippen LogP contribution in [-0.4, -0.2) is 38.3 Å². The molecular weight excluding hydrogens is 376 g/mol. The Hall–Kier alpha value is -4.27. The van der Waals surface area contributed by atoms with Crippen molar-refractivity contribution in [3.05, 3.63) is 70.3 Å². The summed E-state index contributed by atoms with van der Waals surface area (Å²) in [7, 11) is 1.54. The molecule has 2 aromatic heterocycles. The first kappa shape index (κ1) is 18.1. The lowest BCUT2D eigenvalue weighted by Crippen LogP contribution is -2.00. The smallest absolute Gasteiger partial charge is 0.336 e. The molecule has 4 aromatic rings. The summed E-state index contributed by atoms with van der Waals surface area (Å²) in [6.07, 6.45) is 0. The number of aromatic amines is 1. The summed E-state index contributed by atoms with van der Waals surface area (Å²) in [6.45, 7) is 0. The lowest BCUT2D eigenvalue weighted by atomic mass is 10.0. The minimum Gasteiger partial charge on any atom is -0.497 e. The Morgan fingerprint density at radius 3 is 2.55 bits per heavy atom. The minimum atomic E-state index is -1.13. The fourth-order valence-corrected chi connectivity index (χ4v) is 3.08. The number of H-pyrrole nitrogens is 1. The quantitative estimate of drug-likeness (QED) is 0.390. The molecule has 0 aliphatic carbocycles. The van der Waals surface area contributed by atoms with Crippen LogP contribution in [0.1, 0.15) is 10.4 Å². The Labute approximate surface area is 163 Å². The summed E-state index contributed by atoms with van der Waals surface area (Å²) in [5.74, 6) is -0.513. The van der Waals surface area contributed by atoms with Crippen LogP contribution in [0.3, 0.4) is 0 Å². The van der Waals surface area contributed by atoms with Crippen molar-refractivity contribution in [2.24, 2.45) is 0 Å². The molecule has 0 saturated carbocycles. The number of methoxy groups -OCH3 is 1. The number of ether oxygens (including phenoxy) is 1. The van der Waals surface area contributed by atoms with Crippen LogP contribution in [0.2, 0.25) is 0 Å². The number of hydrogen-bond acceptors (Lipinski definition) is 6. The van der Waals surface area contributed by atoms with Crippen LogP contribution in [0.25, 0.3) is 33.5 Å². The second kappa shape index (κ2) is 7.04. The Morgan fingerprint density at radius 1 is 1.14 bits per heavy atom. The van der Waals surface area contributed by atoms with E-state index in [1.165, 1.54) is 30.3 Å².